The van der Waals surface area contributed by atoms with E-state index in [9.17, 15) is 9.59 Å². The van der Waals surface area contributed by atoms with Gasteiger partial charge in [0.15, 0.2) is 0 Å². The standard InChI is InChI=1S/C16H13N3O3/c1-22-16(21)10-6-9(7-18-8-10)11-2-3-13(15(17)20)14-12(11)4-5-19-14/h2-8,19H,1H3,(H2,17,20). The Bertz CT molecular complexity index is 883. The molecular weight excluding hydrogens is 282 g/mol. The Kier molecular flexibility index (Phi) is 3.34. The van der Waals surface area contributed by atoms with E-state index in [2.05, 4.69) is 9.97 Å². The summed E-state index contributed by atoms with van der Waals surface area (Å²) in [7, 11) is 1.32. The summed E-state index contributed by atoms with van der Waals surface area (Å²) in [4.78, 5) is 30.2. The Labute approximate surface area is 125 Å². The average molecular weight is 295 g/mol. The van der Waals surface area contributed by atoms with E-state index in [-0.39, 0.29) is 0 Å². The van der Waals surface area contributed by atoms with Gasteiger partial charge in [-0.25, -0.2) is 4.79 Å². The first kappa shape index (κ1) is 13.8. The summed E-state index contributed by atoms with van der Waals surface area (Å²) in [5.41, 5.74) is 8.42. The van der Waals surface area contributed by atoms with Crippen LogP contribution in [0.4, 0.5) is 0 Å². The highest BCUT2D eigenvalue weighted by atomic mass is 16.5. The summed E-state index contributed by atoms with van der Waals surface area (Å²) in [6, 6.07) is 6.99. The molecule has 0 aliphatic carbocycles. The van der Waals surface area contributed by atoms with Gasteiger partial charge in [0, 0.05) is 29.5 Å². The minimum absolute atomic E-state index is 0.364. The van der Waals surface area contributed by atoms with Crippen LogP contribution in [-0.4, -0.2) is 29.0 Å². The predicted octanol–water partition coefficient (Wildman–Crippen LogP) is 2.12. The molecule has 0 aliphatic rings. The van der Waals surface area contributed by atoms with Gasteiger partial charge in [0.1, 0.15) is 0 Å². The number of ether oxygens (including phenoxy) is 1. The second kappa shape index (κ2) is 5.33. The molecule has 6 heteroatoms. The Balaban J connectivity index is 2.19. The lowest BCUT2D eigenvalue weighted by Crippen LogP contribution is -2.11. The molecule has 3 aromatic rings. The van der Waals surface area contributed by atoms with Crippen molar-refractivity contribution < 1.29 is 14.3 Å². The molecule has 2 heterocycles. The average Bonchev–Trinajstić information content (AvgIpc) is 3.02. The fourth-order valence-electron chi connectivity index (χ4n) is 2.43. The van der Waals surface area contributed by atoms with E-state index in [0.717, 1.165) is 16.5 Å². The van der Waals surface area contributed by atoms with Gasteiger partial charge in [-0.3, -0.25) is 9.78 Å². The summed E-state index contributed by atoms with van der Waals surface area (Å²) in [6.07, 6.45) is 4.83. The number of amides is 1. The van der Waals surface area contributed by atoms with Gasteiger partial charge < -0.3 is 15.5 Å². The summed E-state index contributed by atoms with van der Waals surface area (Å²) in [5.74, 6) is -0.950. The summed E-state index contributed by atoms with van der Waals surface area (Å²) < 4.78 is 4.70. The number of aromatic amines is 1. The molecule has 110 valence electrons. The number of rotatable bonds is 3. The number of methoxy groups -OCH3 is 1. The van der Waals surface area contributed by atoms with E-state index in [1.807, 2.05) is 6.07 Å². The predicted molar refractivity (Wildman–Crippen MR) is 81.4 cm³/mol. The van der Waals surface area contributed by atoms with E-state index in [1.165, 1.54) is 13.3 Å². The van der Waals surface area contributed by atoms with E-state index in [4.69, 9.17) is 10.5 Å². The lowest BCUT2D eigenvalue weighted by atomic mass is 9.99. The van der Waals surface area contributed by atoms with Crippen LogP contribution in [0.3, 0.4) is 0 Å². The van der Waals surface area contributed by atoms with Crippen molar-refractivity contribution in [3.8, 4) is 11.1 Å². The molecule has 0 aliphatic heterocycles. The topological polar surface area (TPSA) is 98.1 Å². The van der Waals surface area contributed by atoms with Crippen LogP contribution < -0.4 is 5.73 Å². The summed E-state index contributed by atoms with van der Waals surface area (Å²) >= 11 is 0. The van der Waals surface area contributed by atoms with Gasteiger partial charge in [0.2, 0.25) is 0 Å². The maximum atomic E-state index is 11.6. The molecular formula is C16H13N3O3. The van der Waals surface area contributed by atoms with E-state index < -0.39 is 11.9 Å². The van der Waals surface area contributed by atoms with Crippen LogP contribution in [0.15, 0.2) is 42.9 Å². The first-order valence-electron chi connectivity index (χ1n) is 6.55. The third kappa shape index (κ3) is 2.20. The first-order valence-corrected chi connectivity index (χ1v) is 6.55. The Morgan fingerprint density at radius 1 is 1.23 bits per heavy atom. The van der Waals surface area contributed by atoms with Crippen LogP contribution in [0.25, 0.3) is 22.0 Å². The number of pyridine rings is 1. The molecule has 0 bridgehead atoms. The van der Waals surface area contributed by atoms with E-state index >= 15 is 0 Å². The summed E-state index contributed by atoms with van der Waals surface area (Å²) in [6.45, 7) is 0. The van der Waals surface area contributed by atoms with Crippen molar-refractivity contribution in [3.05, 3.63) is 54.0 Å². The maximum absolute atomic E-state index is 11.6. The van der Waals surface area contributed by atoms with E-state index in [1.54, 1.807) is 30.6 Å². The molecule has 0 radical (unpaired) electrons. The Morgan fingerprint density at radius 2 is 2.05 bits per heavy atom. The third-order valence-corrected chi connectivity index (χ3v) is 3.46. The molecule has 3 rings (SSSR count). The normalized spacial score (nSPS) is 10.6. The molecule has 0 fully saturated rings. The van der Waals surface area contributed by atoms with Crippen LogP contribution in [0.2, 0.25) is 0 Å². The molecule has 0 saturated carbocycles. The lowest BCUT2D eigenvalue weighted by molar-refractivity contribution is 0.0600. The van der Waals surface area contributed by atoms with Crippen molar-refractivity contribution in [1.29, 1.82) is 0 Å². The largest absolute Gasteiger partial charge is 0.465 e. The van der Waals surface area contributed by atoms with Crippen molar-refractivity contribution in [2.45, 2.75) is 0 Å². The molecule has 3 N–H and O–H groups in total. The van der Waals surface area contributed by atoms with Crippen LogP contribution in [0, 0.1) is 0 Å². The number of nitrogens with two attached hydrogens (primary N) is 1. The number of H-pyrrole nitrogens is 1. The third-order valence-electron chi connectivity index (χ3n) is 3.46. The quantitative estimate of drug-likeness (QED) is 0.723. The number of primary amides is 1. The fourth-order valence-corrected chi connectivity index (χ4v) is 2.43. The van der Waals surface area contributed by atoms with Crippen LogP contribution in [0.1, 0.15) is 20.7 Å². The number of aromatic nitrogens is 2. The van der Waals surface area contributed by atoms with Crippen molar-refractivity contribution in [2.75, 3.05) is 7.11 Å². The molecule has 22 heavy (non-hydrogen) atoms. The number of nitrogens with one attached hydrogen (secondary N) is 1. The van der Waals surface area contributed by atoms with Crippen molar-refractivity contribution in [1.82, 2.24) is 9.97 Å². The number of fused-ring (bicyclic) bond motifs is 1. The van der Waals surface area contributed by atoms with Gasteiger partial charge in [-0.1, -0.05) is 6.07 Å². The monoisotopic (exact) mass is 295 g/mol. The van der Waals surface area contributed by atoms with Gasteiger partial charge >= 0.3 is 5.97 Å². The fraction of sp³-hybridized carbons (Fsp3) is 0.0625. The minimum Gasteiger partial charge on any atom is -0.465 e. The summed E-state index contributed by atoms with van der Waals surface area (Å²) in [5, 5.41) is 0.833. The number of hydrogen-bond acceptors (Lipinski definition) is 4. The van der Waals surface area contributed by atoms with Crippen molar-refractivity contribution in [3.63, 3.8) is 0 Å². The second-order valence-electron chi connectivity index (χ2n) is 4.75. The zero-order valence-electron chi connectivity index (χ0n) is 11.8. The number of hydrogen-bond donors (Lipinski definition) is 2. The van der Waals surface area contributed by atoms with E-state index in [0.29, 0.717) is 16.6 Å². The molecule has 6 nitrogen and oxygen atoms in total. The Morgan fingerprint density at radius 3 is 2.77 bits per heavy atom. The highest BCUT2D eigenvalue weighted by molar-refractivity contribution is 6.09. The van der Waals surface area contributed by atoms with Gasteiger partial charge in [-0.15, -0.1) is 0 Å². The zero-order valence-corrected chi connectivity index (χ0v) is 11.8. The number of esters is 1. The van der Waals surface area contributed by atoms with Gasteiger partial charge in [0.25, 0.3) is 5.91 Å². The highest BCUT2D eigenvalue weighted by Crippen LogP contribution is 2.30. The highest BCUT2D eigenvalue weighted by Gasteiger charge is 2.14. The SMILES string of the molecule is COC(=O)c1cncc(-c2ccc(C(N)=O)c3[nH]ccc23)c1. The zero-order chi connectivity index (χ0) is 15.7. The van der Waals surface area contributed by atoms with Gasteiger partial charge in [-0.2, -0.15) is 0 Å². The van der Waals surface area contributed by atoms with Crippen LogP contribution in [0.5, 0.6) is 0 Å². The van der Waals surface area contributed by atoms with Gasteiger partial charge in [0.05, 0.1) is 23.8 Å². The van der Waals surface area contributed by atoms with Crippen LogP contribution in [-0.2, 0) is 4.74 Å². The second-order valence-corrected chi connectivity index (χ2v) is 4.75. The van der Waals surface area contributed by atoms with Crippen molar-refractivity contribution in [2.24, 2.45) is 5.73 Å². The number of carbonyl (C=O) groups excluding carboxylic acids is 2. The molecule has 1 aromatic carbocycles. The number of nitrogens with zero attached hydrogens (tertiary/aromatic N) is 1. The number of carbonyl (C=O) groups is 2. The first-order chi connectivity index (χ1) is 10.6. The lowest BCUT2D eigenvalue weighted by Gasteiger charge is -2.07. The Hall–Kier alpha value is -3.15. The molecule has 0 saturated heterocycles. The molecule has 2 aromatic heterocycles. The van der Waals surface area contributed by atoms with Gasteiger partial charge in [-0.05, 0) is 23.8 Å². The number of benzene rings is 1. The minimum atomic E-state index is -0.500. The van der Waals surface area contributed by atoms with Crippen LogP contribution >= 0.6 is 0 Å². The smallest absolute Gasteiger partial charge is 0.339 e. The molecule has 0 atom stereocenters. The molecule has 0 spiro atoms. The molecule has 0 unspecified atom stereocenters. The maximum Gasteiger partial charge on any atom is 0.339 e. The molecule has 1 amide bonds. The van der Waals surface area contributed by atoms with Crippen molar-refractivity contribution >= 4 is 22.8 Å².